The molecule has 0 unspecified atom stereocenters. The number of hydrogen-bond donors (Lipinski definition) is 0. The van der Waals surface area contributed by atoms with Gasteiger partial charge in [-0.05, 0) is 80.6 Å². The number of carbonyl (C=O) groups is 3. The average Bonchev–Trinajstić information content (AvgIpc) is 3.36. The molecule has 5 aliphatic carbocycles. The fourth-order valence-corrected chi connectivity index (χ4v) is 9.40. The van der Waals surface area contributed by atoms with Crippen molar-refractivity contribution in [2.45, 2.75) is 77.7 Å². The van der Waals surface area contributed by atoms with Gasteiger partial charge in [0.2, 0.25) is 0 Å². The standard InChI is InChI=1S/C26H34O5/c1-4-30-23(29)17-12-14-11-15(27)5-8-24(14,2)18-6-9-25(3)22(21(17)18)16-13-19(16)26(25)10-7-20(28)31-26/h11,16-19,21-22H,4-10,12-13H2,1-3H3/t16-,17-,18+,19+,21-,22+,24+,25+,26-/m1/s1. The fourth-order valence-electron chi connectivity index (χ4n) is 9.40. The van der Waals surface area contributed by atoms with Crippen LogP contribution in [0.1, 0.15) is 72.1 Å². The predicted molar refractivity (Wildman–Crippen MR) is 113 cm³/mol. The number of ketones is 1. The van der Waals surface area contributed by atoms with Crippen molar-refractivity contribution in [3.63, 3.8) is 0 Å². The molecule has 1 saturated heterocycles. The van der Waals surface area contributed by atoms with Crippen molar-refractivity contribution >= 4 is 17.7 Å². The Morgan fingerprint density at radius 2 is 1.97 bits per heavy atom. The lowest BCUT2D eigenvalue weighted by molar-refractivity contribution is -0.186. The Kier molecular flexibility index (Phi) is 4.02. The van der Waals surface area contributed by atoms with Gasteiger partial charge in [0.25, 0.3) is 0 Å². The monoisotopic (exact) mass is 426 g/mol. The third-order valence-corrected chi connectivity index (χ3v) is 10.7. The van der Waals surface area contributed by atoms with E-state index >= 15 is 0 Å². The molecule has 168 valence electrons. The van der Waals surface area contributed by atoms with Gasteiger partial charge in [0.1, 0.15) is 5.60 Å². The number of hydrogen-bond acceptors (Lipinski definition) is 5. The van der Waals surface area contributed by atoms with Crippen LogP contribution in [-0.4, -0.2) is 29.9 Å². The molecule has 0 amide bonds. The normalized spacial score (nSPS) is 51.9. The van der Waals surface area contributed by atoms with Crippen molar-refractivity contribution in [3.8, 4) is 0 Å². The second-order valence-corrected chi connectivity index (χ2v) is 11.7. The summed E-state index contributed by atoms with van der Waals surface area (Å²) in [6.07, 6.45) is 8.61. The van der Waals surface area contributed by atoms with Crippen LogP contribution in [0.15, 0.2) is 11.6 Å². The van der Waals surface area contributed by atoms with Crippen LogP contribution in [0, 0.1) is 46.3 Å². The highest BCUT2D eigenvalue weighted by Gasteiger charge is 2.80. The smallest absolute Gasteiger partial charge is 0.309 e. The van der Waals surface area contributed by atoms with Gasteiger partial charge in [-0.1, -0.05) is 19.4 Å². The molecule has 1 aliphatic heterocycles. The first-order valence-electron chi connectivity index (χ1n) is 12.4. The van der Waals surface area contributed by atoms with Crippen LogP contribution in [0.3, 0.4) is 0 Å². The molecule has 9 atom stereocenters. The zero-order valence-corrected chi connectivity index (χ0v) is 18.9. The summed E-state index contributed by atoms with van der Waals surface area (Å²) in [5.41, 5.74) is 0.804. The molecule has 6 aliphatic rings. The molecule has 0 aromatic heterocycles. The molecule has 5 nitrogen and oxygen atoms in total. The zero-order chi connectivity index (χ0) is 21.8. The minimum Gasteiger partial charge on any atom is -0.466 e. The highest BCUT2D eigenvalue weighted by atomic mass is 16.6. The van der Waals surface area contributed by atoms with Gasteiger partial charge in [0.15, 0.2) is 5.78 Å². The van der Waals surface area contributed by atoms with Crippen molar-refractivity contribution in [1.29, 1.82) is 0 Å². The fraction of sp³-hybridized carbons (Fsp3) is 0.808. The molecule has 1 spiro atoms. The van der Waals surface area contributed by atoms with E-state index in [0.29, 0.717) is 49.5 Å². The molecule has 1 heterocycles. The Hall–Kier alpha value is -1.65. The number of ether oxygens (including phenoxy) is 2. The molecule has 4 saturated carbocycles. The molecule has 0 radical (unpaired) electrons. The van der Waals surface area contributed by atoms with Crippen LogP contribution < -0.4 is 0 Å². The average molecular weight is 427 g/mol. The molecule has 6 rings (SSSR count). The summed E-state index contributed by atoms with van der Waals surface area (Å²) in [5, 5.41) is 0. The number of allylic oxidation sites excluding steroid dienone is 1. The maximum atomic E-state index is 13.3. The van der Waals surface area contributed by atoms with Gasteiger partial charge in [0.05, 0.1) is 12.5 Å². The lowest BCUT2D eigenvalue weighted by atomic mass is 9.43. The van der Waals surface area contributed by atoms with Crippen molar-refractivity contribution in [3.05, 3.63) is 11.6 Å². The van der Waals surface area contributed by atoms with Crippen molar-refractivity contribution in [2.24, 2.45) is 46.3 Å². The van der Waals surface area contributed by atoms with Crippen molar-refractivity contribution in [1.82, 2.24) is 0 Å². The largest absolute Gasteiger partial charge is 0.466 e. The number of fused-ring (bicyclic) bond motifs is 9. The number of rotatable bonds is 2. The lowest BCUT2D eigenvalue weighted by Crippen LogP contribution is -2.59. The highest BCUT2D eigenvalue weighted by molar-refractivity contribution is 5.92. The van der Waals surface area contributed by atoms with E-state index in [1.54, 1.807) is 0 Å². The van der Waals surface area contributed by atoms with E-state index < -0.39 is 0 Å². The molecule has 0 bridgehead atoms. The number of esters is 2. The Balaban J connectivity index is 1.45. The molecule has 5 fully saturated rings. The first-order chi connectivity index (χ1) is 14.7. The third-order valence-electron chi connectivity index (χ3n) is 10.7. The van der Waals surface area contributed by atoms with E-state index in [1.165, 1.54) is 5.57 Å². The molecule has 31 heavy (non-hydrogen) atoms. The van der Waals surface area contributed by atoms with Crippen molar-refractivity contribution in [2.75, 3.05) is 6.61 Å². The summed E-state index contributed by atoms with van der Waals surface area (Å²) in [5.74, 6) is 1.94. The Morgan fingerprint density at radius 3 is 2.68 bits per heavy atom. The van der Waals surface area contributed by atoms with Gasteiger partial charge in [-0.15, -0.1) is 0 Å². The van der Waals surface area contributed by atoms with Crippen LogP contribution in [-0.2, 0) is 23.9 Å². The molecule has 0 N–H and O–H groups in total. The molecular formula is C26H34O5. The van der Waals surface area contributed by atoms with Gasteiger partial charge >= 0.3 is 11.9 Å². The second-order valence-electron chi connectivity index (χ2n) is 11.7. The van der Waals surface area contributed by atoms with Crippen LogP contribution in [0.5, 0.6) is 0 Å². The summed E-state index contributed by atoms with van der Waals surface area (Å²) in [6, 6.07) is 0. The first kappa shape index (κ1) is 20.0. The Labute approximate surface area is 184 Å². The minimum atomic E-state index is -0.316. The van der Waals surface area contributed by atoms with Gasteiger partial charge in [-0.2, -0.15) is 0 Å². The SMILES string of the molecule is CCOC(=O)[C@@H]1CC2=CC(=O)CC[C@]2(C)[C@H]2CC[C@@]3(C)[C@@H]([C@@H]4C[C@@H]4[C@]34CCC(=O)O4)[C@H]12. The summed E-state index contributed by atoms with van der Waals surface area (Å²) in [7, 11) is 0. The molecule has 0 aromatic carbocycles. The van der Waals surface area contributed by atoms with Crippen LogP contribution in [0.4, 0.5) is 0 Å². The number of carbonyl (C=O) groups excluding carboxylic acids is 3. The highest BCUT2D eigenvalue weighted by Crippen LogP contribution is 2.79. The summed E-state index contributed by atoms with van der Waals surface area (Å²) in [6.45, 7) is 6.96. The van der Waals surface area contributed by atoms with Crippen molar-refractivity contribution < 1.29 is 23.9 Å². The maximum Gasteiger partial charge on any atom is 0.309 e. The van der Waals surface area contributed by atoms with E-state index in [4.69, 9.17) is 9.47 Å². The van der Waals surface area contributed by atoms with E-state index in [-0.39, 0.29) is 46.0 Å². The van der Waals surface area contributed by atoms with Gasteiger partial charge < -0.3 is 9.47 Å². The molecule has 0 aromatic rings. The van der Waals surface area contributed by atoms with E-state index in [0.717, 1.165) is 32.1 Å². The first-order valence-corrected chi connectivity index (χ1v) is 12.4. The minimum absolute atomic E-state index is 0.00457. The topological polar surface area (TPSA) is 69.7 Å². The second kappa shape index (κ2) is 6.23. The van der Waals surface area contributed by atoms with Gasteiger partial charge in [0, 0.05) is 24.2 Å². The van der Waals surface area contributed by atoms with Gasteiger partial charge in [-0.25, -0.2) is 0 Å². The zero-order valence-electron chi connectivity index (χ0n) is 18.9. The Morgan fingerprint density at radius 1 is 1.16 bits per heavy atom. The molecule has 5 heteroatoms. The quantitative estimate of drug-likeness (QED) is 0.618. The van der Waals surface area contributed by atoms with E-state index in [2.05, 4.69) is 13.8 Å². The molecular weight excluding hydrogens is 392 g/mol. The van der Waals surface area contributed by atoms with Gasteiger partial charge in [-0.3, -0.25) is 14.4 Å². The predicted octanol–water partition coefficient (Wildman–Crippen LogP) is 4.24. The summed E-state index contributed by atoms with van der Waals surface area (Å²) < 4.78 is 11.8. The van der Waals surface area contributed by atoms with Crippen LogP contribution in [0.25, 0.3) is 0 Å². The lowest BCUT2D eigenvalue weighted by Gasteiger charge is -2.61. The van der Waals surface area contributed by atoms with Crippen LogP contribution in [0.2, 0.25) is 0 Å². The van der Waals surface area contributed by atoms with E-state index in [9.17, 15) is 14.4 Å². The summed E-state index contributed by atoms with van der Waals surface area (Å²) in [4.78, 5) is 37.8. The Bertz CT molecular complexity index is 905. The van der Waals surface area contributed by atoms with E-state index in [1.807, 2.05) is 13.0 Å². The summed E-state index contributed by atoms with van der Waals surface area (Å²) >= 11 is 0. The third kappa shape index (κ3) is 2.36. The maximum absolute atomic E-state index is 13.3. The van der Waals surface area contributed by atoms with Crippen LogP contribution >= 0.6 is 0 Å².